The summed E-state index contributed by atoms with van der Waals surface area (Å²) < 4.78 is 23.1. The van der Waals surface area contributed by atoms with Crippen LogP contribution in [0.2, 0.25) is 0 Å². The van der Waals surface area contributed by atoms with Gasteiger partial charge in [-0.3, -0.25) is 4.90 Å². The first-order valence-electron chi connectivity index (χ1n) is 13.2. The van der Waals surface area contributed by atoms with Gasteiger partial charge in [0.25, 0.3) is 0 Å². The molecule has 6 heteroatoms. The van der Waals surface area contributed by atoms with Gasteiger partial charge in [0.2, 0.25) is 6.79 Å². The highest BCUT2D eigenvalue weighted by molar-refractivity contribution is 5.80. The standard InChI is InChI=1S/C31H32N2O4/c1-34-27-11-10-22-23(8-5-7-21-14-20-6-3-4-9-26(20)32-21)30-24-16-29-28(36-18-37-29)15-19(24)12-13-33(30)17-25(22)31(27)35-2/h3-4,6,9-11,14-16,23,30,32H,5,7-8,12-13,17-18H2,1-2H3. The van der Waals surface area contributed by atoms with Crippen molar-refractivity contribution in [2.45, 2.75) is 44.2 Å². The molecule has 2 atom stereocenters. The van der Waals surface area contributed by atoms with Crippen LogP contribution in [0.4, 0.5) is 0 Å². The highest BCUT2D eigenvalue weighted by Crippen LogP contribution is 2.53. The van der Waals surface area contributed by atoms with Gasteiger partial charge in [0.05, 0.1) is 14.2 Å². The lowest BCUT2D eigenvalue weighted by molar-refractivity contribution is 0.126. The van der Waals surface area contributed by atoms with Gasteiger partial charge in [0, 0.05) is 41.8 Å². The van der Waals surface area contributed by atoms with E-state index in [4.69, 9.17) is 18.9 Å². The zero-order chi connectivity index (χ0) is 24.9. The molecule has 0 aliphatic carbocycles. The van der Waals surface area contributed by atoms with E-state index in [9.17, 15) is 0 Å². The van der Waals surface area contributed by atoms with Crippen LogP contribution < -0.4 is 18.9 Å². The number of nitrogens with zero attached hydrogens (tertiary/aromatic N) is 1. The van der Waals surface area contributed by atoms with E-state index in [1.54, 1.807) is 14.2 Å². The van der Waals surface area contributed by atoms with Crippen LogP contribution >= 0.6 is 0 Å². The van der Waals surface area contributed by atoms with Gasteiger partial charge in [0.15, 0.2) is 23.0 Å². The van der Waals surface area contributed by atoms with Crippen molar-refractivity contribution in [1.29, 1.82) is 0 Å². The van der Waals surface area contributed by atoms with Crippen molar-refractivity contribution in [2.75, 3.05) is 27.6 Å². The average molecular weight is 497 g/mol. The van der Waals surface area contributed by atoms with Crippen LogP contribution in [0.25, 0.3) is 10.9 Å². The molecule has 3 aliphatic rings. The average Bonchev–Trinajstić information content (AvgIpc) is 3.56. The van der Waals surface area contributed by atoms with E-state index < -0.39 is 0 Å². The molecule has 3 aliphatic heterocycles. The number of ether oxygens (including phenoxy) is 4. The fourth-order valence-corrected chi connectivity index (χ4v) is 6.72. The Labute approximate surface area is 217 Å². The number of hydrogen-bond donors (Lipinski definition) is 1. The molecule has 7 rings (SSSR count). The van der Waals surface area contributed by atoms with Crippen molar-refractivity contribution in [3.8, 4) is 23.0 Å². The molecule has 6 nitrogen and oxygen atoms in total. The van der Waals surface area contributed by atoms with E-state index in [1.165, 1.54) is 38.9 Å². The molecule has 190 valence electrons. The Kier molecular flexibility index (Phi) is 5.50. The molecule has 0 radical (unpaired) electrons. The van der Waals surface area contributed by atoms with E-state index >= 15 is 0 Å². The Morgan fingerprint density at radius 1 is 0.973 bits per heavy atom. The molecule has 2 unspecified atom stereocenters. The Morgan fingerprint density at radius 2 is 1.84 bits per heavy atom. The van der Waals surface area contributed by atoms with Crippen molar-refractivity contribution in [2.24, 2.45) is 0 Å². The minimum absolute atomic E-state index is 0.298. The third-order valence-electron chi connectivity index (χ3n) is 8.39. The Bertz CT molecular complexity index is 1440. The molecule has 3 aromatic carbocycles. The maximum absolute atomic E-state index is 5.91. The number of nitrogens with one attached hydrogen (secondary N) is 1. The van der Waals surface area contributed by atoms with Gasteiger partial charge in [-0.2, -0.15) is 0 Å². The monoisotopic (exact) mass is 496 g/mol. The molecular weight excluding hydrogens is 464 g/mol. The Hall–Kier alpha value is -3.64. The van der Waals surface area contributed by atoms with Gasteiger partial charge in [-0.1, -0.05) is 24.3 Å². The topological polar surface area (TPSA) is 56.0 Å². The van der Waals surface area contributed by atoms with E-state index in [1.807, 2.05) is 0 Å². The van der Waals surface area contributed by atoms with Crippen LogP contribution in [-0.2, 0) is 19.4 Å². The third-order valence-corrected chi connectivity index (χ3v) is 8.39. The van der Waals surface area contributed by atoms with Crippen LogP contribution in [-0.4, -0.2) is 37.4 Å². The number of benzene rings is 3. The Balaban J connectivity index is 1.26. The second-order valence-corrected chi connectivity index (χ2v) is 10.3. The molecular formula is C31H32N2O4. The smallest absolute Gasteiger partial charge is 0.231 e. The van der Waals surface area contributed by atoms with Gasteiger partial charge in [-0.15, -0.1) is 0 Å². The summed E-state index contributed by atoms with van der Waals surface area (Å²) in [5.74, 6) is 3.76. The van der Waals surface area contributed by atoms with Crippen LogP contribution in [0.3, 0.4) is 0 Å². The van der Waals surface area contributed by atoms with E-state index in [0.717, 1.165) is 61.8 Å². The summed E-state index contributed by atoms with van der Waals surface area (Å²) in [6.07, 6.45) is 4.20. The maximum atomic E-state index is 5.91. The fraction of sp³-hybridized carbons (Fsp3) is 0.355. The SMILES string of the molecule is COc1ccc2c(c1OC)CN1CCc3cc4c(cc3C1C2CCCc1cc2ccccc2[nH]1)OCO4. The number of rotatable bonds is 6. The van der Waals surface area contributed by atoms with Crippen LogP contribution in [0, 0.1) is 0 Å². The largest absolute Gasteiger partial charge is 0.493 e. The predicted molar refractivity (Wildman–Crippen MR) is 143 cm³/mol. The first kappa shape index (κ1) is 22.5. The van der Waals surface area contributed by atoms with Gasteiger partial charge >= 0.3 is 0 Å². The summed E-state index contributed by atoms with van der Waals surface area (Å²) in [6.45, 7) is 2.17. The van der Waals surface area contributed by atoms with Crippen molar-refractivity contribution in [1.82, 2.24) is 9.88 Å². The first-order valence-corrected chi connectivity index (χ1v) is 13.2. The highest BCUT2D eigenvalue weighted by Gasteiger charge is 2.41. The lowest BCUT2D eigenvalue weighted by Gasteiger charge is -2.46. The predicted octanol–water partition coefficient (Wildman–Crippen LogP) is 6.13. The lowest BCUT2D eigenvalue weighted by atomic mass is 9.74. The van der Waals surface area contributed by atoms with Crippen molar-refractivity contribution < 1.29 is 18.9 Å². The summed E-state index contributed by atoms with van der Waals surface area (Å²) in [6, 6.07) is 19.9. The second-order valence-electron chi connectivity index (χ2n) is 10.3. The molecule has 0 amide bonds. The number of aryl methyl sites for hydroxylation is 1. The number of aromatic nitrogens is 1. The normalized spacial score (nSPS) is 19.8. The minimum atomic E-state index is 0.298. The van der Waals surface area contributed by atoms with Crippen LogP contribution in [0.1, 0.15) is 52.7 Å². The summed E-state index contributed by atoms with van der Waals surface area (Å²) >= 11 is 0. The van der Waals surface area contributed by atoms with Gasteiger partial charge in [-0.05, 0) is 78.1 Å². The summed E-state index contributed by atoms with van der Waals surface area (Å²) in [5.41, 5.74) is 7.91. The van der Waals surface area contributed by atoms with Crippen molar-refractivity contribution in [3.63, 3.8) is 0 Å². The molecule has 0 saturated heterocycles. The molecule has 0 saturated carbocycles. The first-order chi connectivity index (χ1) is 18.2. The second kappa shape index (κ2) is 9.03. The zero-order valence-electron chi connectivity index (χ0n) is 21.4. The third kappa shape index (κ3) is 3.74. The van der Waals surface area contributed by atoms with Crippen LogP contribution in [0.15, 0.2) is 54.6 Å². The summed E-state index contributed by atoms with van der Waals surface area (Å²) in [5, 5.41) is 1.28. The molecule has 4 heterocycles. The van der Waals surface area contributed by atoms with E-state index in [2.05, 4.69) is 64.5 Å². The zero-order valence-corrected chi connectivity index (χ0v) is 21.4. The number of H-pyrrole nitrogens is 1. The summed E-state index contributed by atoms with van der Waals surface area (Å²) in [7, 11) is 3.47. The maximum Gasteiger partial charge on any atom is 0.231 e. The number of para-hydroxylation sites is 1. The number of aromatic amines is 1. The van der Waals surface area contributed by atoms with E-state index in [-0.39, 0.29) is 0 Å². The molecule has 37 heavy (non-hydrogen) atoms. The molecule has 0 spiro atoms. The van der Waals surface area contributed by atoms with Crippen molar-refractivity contribution in [3.05, 3.63) is 82.5 Å². The van der Waals surface area contributed by atoms with Gasteiger partial charge < -0.3 is 23.9 Å². The highest BCUT2D eigenvalue weighted by atomic mass is 16.7. The molecule has 4 aromatic rings. The Morgan fingerprint density at radius 3 is 2.68 bits per heavy atom. The van der Waals surface area contributed by atoms with Crippen molar-refractivity contribution >= 4 is 10.9 Å². The molecule has 1 aromatic heterocycles. The van der Waals surface area contributed by atoms with Gasteiger partial charge in [0.1, 0.15) is 0 Å². The summed E-state index contributed by atoms with van der Waals surface area (Å²) in [4.78, 5) is 6.24. The quantitative estimate of drug-likeness (QED) is 0.348. The molecule has 1 N–H and O–H groups in total. The molecule has 0 fully saturated rings. The number of methoxy groups -OCH3 is 2. The lowest BCUT2D eigenvalue weighted by Crippen LogP contribution is -2.42. The fourth-order valence-electron chi connectivity index (χ4n) is 6.72. The van der Waals surface area contributed by atoms with Gasteiger partial charge in [-0.25, -0.2) is 0 Å². The minimum Gasteiger partial charge on any atom is -0.493 e. The number of fused-ring (bicyclic) bond motifs is 6. The number of hydrogen-bond acceptors (Lipinski definition) is 5. The molecule has 0 bridgehead atoms. The van der Waals surface area contributed by atoms with E-state index in [0.29, 0.717) is 18.8 Å². The van der Waals surface area contributed by atoms with Crippen LogP contribution in [0.5, 0.6) is 23.0 Å².